The summed E-state index contributed by atoms with van der Waals surface area (Å²) < 4.78 is 1.93. The number of thiophene rings is 1. The standard InChI is InChI=1S/C17H14N2OS/c20-14-9-4-8-13-16(14)17(15-10-5-11-21-15)19(18-13)12-6-2-1-3-7-12/h1-3,5-7,10-11H,4,8-9H2. The molecule has 2 heterocycles. The summed E-state index contributed by atoms with van der Waals surface area (Å²) in [5.41, 5.74) is 3.73. The lowest BCUT2D eigenvalue weighted by atomic mass is 9.94. The van der Waals surface area contributed by atoms with Crippen LogP contribution in [0.2, 0.25) is 0 Å². The molecular weight excluding hydrogens is 280 g/mol. The van der Waals surface area contributed by atoms with Crippen LogP contribution >= 0.6 is 11.3 Å². The lowest BCUT2D eigenvalue weighted by Gasteiger charge is -2.10. The SMILES string of the molecule is O=C1CCCc2nn(-c3ccccc3)c(-c3cccs3)c21. The first-order valence-electron chi connectivity index (χ1n) is 7.09. The second kappa shape index (κ2) is 4.97. The zero-order valence-corrected chi connectivity index (χ0v) is 12.3. The molecule has 3 nitrogen and oxygen atoms in total. The van der Waals surface area contributed by atoms with E-state index in [0.29, 0.717) is 6.42 Å². The number of rotatable bonds is 2. The molecule has 0 spiro atoms. The largest absolute Gasteiger partial charge is 0.294 e. The van der Waals surface area contributed by atoms with Gasteiger partial charge in [0.1, 0.15) is 0 Å². The normalized spacial score (nSPS) is 14.2. The van der Waals surface area contributed by atoms with Gasteiger partial charge in [0.05, 0.1) is 27.5 Å². The summed E-state index contributed by atoms with van der Waals surface area (Å²) in [6, 6.07) is 14.1. The first-order chi connectivity index (χ1) is 10.3. The molecule has 1 aliphatic carbocycles. The molecule has 0 saturated carbocycles. The van der Waals surface area contributed by atoms with Crippen LogP contribution in [-0.4, -0.2) is 15.6 Å². The van der Waals surface area contributed by atoms with Crippen molar-refractivity contribution in [2.45, 2.75) is 19.3 Å². The van der Waals surface area contributed by atoms with Crippen LogP contribution in [0.4, 0.5) is 0 Å². The number of hydrogen-bond donors (Lipinski definition) is 0. The molecular formula is C17H14N2OS. The van der Waals surface area contributed by atoms with Crippen LogP contribution < -0.4 is 0 Å². The second-order valence-corrected chi connectivity index (χ2v) is 6.12. The van der Waals surface area contributed by atoms with Crippen molar-refractivity contribution in [1.29, 1.82) is 0 Å². The van der Waals surface area contributed by atoms with Gasteiger partial charge in [-0.25, -0.2) is 4.68 Å². The number of nitrogens with zero attached hydrogens (tertiary/aromatic N) is 2. The Hall–Kier alpha value is -2.20. The maximum Gasteiger partial charge on any atom is 0.167 e. The second-order valence-electron chi connectivity index (χ2n) is 5.17. The first-order valence-corrected chi connectivity index (χ1v) is 7.97. The number of ketones is 1. The molecule has 1 aromatic carbocycles. The average Bonchev–Trinajstić information content (AvgIpc) is 3.15. The van der Waals surface area contributed by atoms with Crippen LogP contribution in [0.25, 0.3) is 16.3 Å². The highest BCUT2D eigenvalue weighted by atomic mass is 32.1. The van der Waals surface area contributed by atoms with E-state index >= 15 is 0 Å². The van der Waals surface area contributed by atoms with Crippen molar-refractivity contribution in [3.05, 3.63) is 59.1 Å². The number of carbonyl (C=O) groups excluding carboxylic acids is 1. The number of aryl methyl sites for hydroxylation is 1. The zero-order chi connectivity index (χ0) is 14.2. The first kappa shape index (κ1) is 12.5. The summed E-state index contributed by atoms with van der Waals surface area (Å²) in [5.74, 6) is 0.224. The van der Waals surface area contributed by atoms with E-state index in [0.717, 1.165) is 40.4 Å². The van der Waals surface area contributed by atoms with E-state index < -0.39 is 0 Å². The number of carbonyl (C=O) groups is 1. The maximum atomic E-state index is 12.4. The molecule has 2 aromatic heterocycles. The quantitative estimate of drug-likeness (QED) is 0.712. The number of hydrogen-bond acceptors (Lipinski definition) is 3. The fourth-order valence-electron chi connectivity index (χ4n) is 2.87. The van der Waals surface area contributed by atoms with Gasteiger partial charge in [-0.3, -0.25) is 4.79 Å². The van der Waals surface area contributed by atoms with Gasteiger partial charge in [-0.2, -0.15) is 5.10 Å². The van der Waals surface area contributed by atoms with Crippen molar-refractivity contribution in [1.82, 2.24) is 9.78 Å². The van der Waals surface area contributed by atoms with E-state index in [2.05, 4.69) is 6.07 Å². The molecule has 0 fully saturated rings. The minimum absolute atomic E-state index is 0.224. The number of aromatic nitrogens is 2. The van der Waals surface area contributed by atoms with Crippen molar-refractivity contribution in [2.24, 2.45) is 0 Å². The molecule has 1 aliphatic rings. The monoisotopic (exact) mass is 294 g/mol. The summed E-state index contributed by atoms with van der Waals surface area (Å²) >= 11 is 1.65. The van der Waals surface area contributed by atoms with Crippen molar-refractivity contribution < 1.29 is 4.79 Å². The Morgan fingerprint density at radius 3 is 2.67 bits per heavy atom. The van der Waals surface area contributed by atoms with Gasteiger partial charge in [-0.05, 0) is 36.4 Å². The van der Waals surface area contributed by atoms with E-state index in [1.807, 2.05) is 46.5 Å². The highest BCUT2D eigenvalue weighted by molar-refractivity contribution is 7.13. The average molecular weight is 294 g/mol. The van der Waals surface area contributed by atoms with Crippen LogP contribution in [0.1, 0.15) is 28.9 Å². The Bertz CT molecular complexity index is 788. The van der Waals surface area contributed by atoms with Gasteiger partial charge in [0.25, 0.3) is 0 Å². The van der Waals surface area contributed by atoms with Crippen molar-refractivity contribution in [3.8, 4) is 16.3 Å². The predicted molar refractivity (Wildman–Crippen MR) is 84.1 cm³/mol. The Morgan fingerprint density at radius 2 is 1.90 bits per heavy atom. The van der Waals surface area contributed by atoms with Gasteiger partial charge in [0.15, 0.2) is 5.78 Å². The molecule has 3 aromatic rings. The molecule has 0 N–H and O–H groups in total. The van der Waals surface area contributed by atoms with Gasteiger partial charge in [0.2, 0.25) is 0 Å². The van der Waals surface area contributed by atoms with Gasteiger partial charge < -0.3 is 0 Å². The highest BCUT2D eigenvalue weighted by Gasteiger charge is 2.28. The maximum absolute atomic E-state index is 12.4. The summed E-state index contributed by atoms with van der Waals surface area (Å²) in [6.45, 7) is 0. The number of benzene rings is 1. The fraction of sp³-hybridized carbons (Fsp3) is 0.176. The predicted octanol–water partition coefficient (Wildman–Crippen LogP) is 4.12. The Labute approximate surface area is 126 Å². The third kappa shape index (κ3) is 2.03. The summed E-state index contributed by atoms with van der Waals surface area (Å²) in [4.78, 5) is 13.5. The third-order valence-electron chi connectivity index (χ3n) is 3.81. The van der Waals surface area contributed by atoms with Crippen LogP contribution in [0.5, 0.6) is 0 Å². The van der Waals surface area contributed by atoms with Gasteiger partial charge in [0, 0.05) is 6.42 Å². The number of fused-ring (bicyclic) bond motifs is 1. The minimum atomic E-state index is 0.224. The lowest BCUT2D eigenvalue weighted by Crippen LogP contribution is -2.09. The van der Waals surface area contributed by atoms with Crippen molar-refractivity contribution in [3.63, 3.8) is 0 Å². The van der Waals surface area contributed by atoms with Gasteiger partial charge in [-0.15, -0.1) is 11.3 Å². The Balaban J connectivity index is 2.01. The molecule has 0 bridgehead atoms. The van der Waals surface area contributed by atoms with Crippen molar-refractivity contribution in [2.75, 3.05) is 0 Å². The molecule has 4 heteroatoms. The van der Waals surface area contributed by atoms with E-state index in [1.54, 1.807) is 11.3 Å². The van der Waals surface area contributed by atoms with Crippen LogP contribution in [0.3, 0.4) is 0 Å². The summed E-state index contributed by atoms with van der Waals surface area (Å²) in [5, 5.41) is 6.77. The smallest absolute Gasteiger partial charge is 0.167 e. The summed E-state index contributed by atoms with van der Waals surface area (Å²) in [6.07, 6.45) is 2.42. The van der Waals surface area contributed by atoms with Crippen LogP contribution in [-0.2, 0) is 6.42 Å². The Kier molecular flexibility index (Phi) is 2.97. The highest BCUT2D eigenvalue weighted by Crippen LogP contribution is 2.35. The van der Waals surface area contributed by atoms with E-state index in [1.165, 1.54) is 0 Å². The van der Waals surface area contributed by atoms with E-state index in [4.69, 9.17) is 5.10 Å². The molecule has 0 radical (unpaired) electrons. The topological polar surface area (TPSA) is 34.9 Å². The molecule has 4 rings (SSSR count). The van der Waals surface area contributed by atoms with Gasteiger partial charge >= 0.3 is 0 Å². The van der Waals surface area contributed by atoms with Crippen LogP contribution in [0, 0.1) is 0 Å². The molecule has 0 amide bonds. The zero-order valence-electron chi connectivity index (χ0n) is 11.5. The van der Waals surface area contributed by atoms with E-state index in [9.17, 15) is 4.79 Å². The third-order valence-corrected chi connectivity index (χ3v) is 4.69. The fourth-order valence-corrected chi connectivity index (χ4v) is 3.63. The molecule has 0 aliphatic heterocycles. The molecule has 0 saturated heterocycles. The van der Waals surface area contributed by atoms with E-state index in [-0.39, 0.29) is 5.78 Å². The molecule has 21 heavy (non-hydrogen) atoms. The number of para-hydroxylation sites is 1. The minimum Gasteiger partial charge on any atom is -0.294 e. The number of Topliss-reactive ketones (excluding diaryl/α,β-unsaturated/α-hetero) is 1. The summed E-state index contributed by atoms with van der Waals surface area (Å²) in [7, 11) is 0. The van der Waals surface area contributed by atoms with Crippen molar-refractivity contribution >= 4 is 17.1 Å². The molecule has 0 unspecified atom stereocenters. The lowest BCUT2D eigenvalue weighted by molar-refractivity contribution is 0.0973. The molecule has 104 valence electrons. The molecule has 0 atom stereocenters. The van der Waals surface area contributed by atoms with Crippen LogP contribution in [0.15, 0.2) is 47.8 Å². The Morgan fingerprint density at radius 1 is 1.05 bits per heavy atom. The van der Waals surface area contributed by atoms with Gasteiger partial charge in [-0.1, -0.05) is 24.3 Å².